The predicted molar refractivity (Wildman–Crippen MR) is 62.3 cm³/mol. The Morgan fingerprint density at radius 2 is 2.25 bits per heavy atom. The minimum absolute atomic E-state index is 0.125. The van der Waals surface area contributed by atoms with Crippen LogP contribution in [0.5, 0.6) is 5.88 Å². The van der Waals surface area contributed by atoms with Crippen LogP contribution in [0.1, 0.15) is 20.3 Å². The van der Waals surface area contributed by atoms with Crippen molar-refractivity contribution in [2.24, 2.45) is 5.73 Å². The first-order valence-electron chi connectivity index (χ1n) is 4.99. The average Bonchev–Trinajstić information content (AvgIpc) is 2.16. The summed E-state index contributed by atoms with van der Waals surface area (Å²) in [5.74, 6) is 0.386. The molecule has 1 aromatic heterocycles. The maximum absolute atomic E-state index is 11.5. The van der Waals surface area contributed by atoms with E-state index in [2.05, 4.69) is 10.3 Å². The number of aromatic nitrogens is 1. The standard InChI is InChI=1S/C11H17N3O2/c1-11(2,12)6-9(15)14-8-4-5-10(16-3)13-7-8/h4-5,7H,6,12H2,1-3H3,(H,14,15). The van der Waals surface area contributed by atoms with Crippen LogP contribution in [0.4, 0.5) is 5.69 Å². The van der Waals surface area contributed by atoms with Gasteiger partial charge >= 0.3 is 0 Å². The van der Waals surface area contributed by atoms with Crippen molar-refractivity contribution >= 4 is 11.6 Å². The monoisotopic (exact) mass is 223 g/mol. The van der Waals surface area contributed by atoms with Gasteiger partial charge in [-0.25, -0.2) is 4.98 Å². The molecule has 0 saturated heterocycles. The summed E-state index contributed by atoms with van der Waals surface area (Å²) >= 11 is 0. The number of methoxy groups -OCH3 is 1. The van der Waals surface area contributed by atoms with Gasteiger partial charge in [0.1, 0.15) is 0 Å². The first kappa shape index (κ1) is 12.4. The van der Waals surface area contributed by atoms with Crippen molar-refractivity contribution in [1.82, 2.24) is 4.98 Å². The molecular weight excluding hydrogens is 206 g/mol. The molecule has 0 unspecified atom stereocenters. The van der Waals surface area contributed by atoms with E-state index < -0.39 is 5.54 Å². The molecule has 1 rings (SSSR count). The highest BCUT2D eigenvalue weighted by atomic mass is 16.5. The topological polar surface area (TPSA) is 77.2 Å². The summed E-state index contributed by atoms with van der Waals surface area (Å²) in [5, 5.41) is 2.71. The van der Waals surface area contributed by atoms with E-state index in [0.29, 0.717) is 11.6 Å². The smallest absolute Gasteiger partial charge is 0.226 e. The number of pyridine rings is 1. The zero-order chi connectivity index (χ0) is 12.2. The molecule has 0 atom stereocenters. The van der Waals surface area contributed by atoms with Crippen LogP contribution in [0, 0.1) is 0 Å². The number of amides is 1. The molecule has 16 heavy (non-hydrogen) atoms. The van der Waals surface area contributed by atoms with E-state index in [4.69, 9.17) is 10.5 Å². The number of ether oxygens (including phenoxy) is 1. The molecule has 3 N–H and O–H groups in total. The molecule has 1 amide bonds. The second kappa shape index (κ2) is 4.94. The van der Waals surface area contributed by atoms with Crippen LogP contribution in [-0.2, 0) is 4.79 Å². The molecular formula is C11H17N3O2. The van der Waals surface area contributed by atoms with Gasteiger partial charge in [-0.2, -0.15) is 0 Å². The first-order valence-corrected chi connectivity index (χ1v) is 4.99. The van der Waals surface area contributed by atoms with Crippen molar-refractivity contribution in [3.8, 4) is 5.88 Å². The van der Waals surface area contributed by atoms with E-state index in [1.165, 1.54) is 7.11 Å². The third kappa shape index (κ3) is 4.27. The van der Waals surface area contributed by atoms with E-state index >= 15 is 0 Å². The molecule has 0 aliphatic carbocycles. The Morgan fingerprint density at radius 1 is 1.56 bits per heavy atom. The molecule has 0 fully saturated rings. The molecule has 0 aliphatic heterocycles. The number of carbonyl (C=O) groups is 1. The van der Waals surface area contributed by atoms with Gasteiger partial charge in [0.05, 0.1) is 19.0 Å². The van der Waals surface area contributed by atoms with Gasteiger partial charge in [0.2, 0.25) is 11.8 Å². The van der Waals surface area contributed by atoms with E-state index in [1.54, 1.807) is 32.2 Å². The Morgan fingerprint density at radius 3 is 2.69 bits per heavy atom. The number of anilines is 1. The fraction of sp³-hybridized carbons (Fsp3) is 0.455. The highest BCUT2D eigenvalue weighted by Crippen LogP contribution is 2.12. The Bertz CT molecular complexity index is 354. The number of hydrogen-bond donors (Lipinski definition) is 2. The fourth-order valence-corrected chi connectivity index (χ4v) is 1.19. The number of nitrogens with one attached hydrogen (secondary N) is 1. The lowest BCUT2D eigenvalue weighted by Crippen LogP contribution is -2.36. The molecule has 0 bridgehead atoms. The van der Waals surface area contributed by atoms with Gasteiger partial charge < -0.3 is 15.8 Å². The quantitative estimate of drug-likeness (QED) is 0.802. The van der Waals surface area contributed by atoms with Gasteiger partial charge in [-0.1, -0.05) is 0 Å². The zero-order valence-corrected chi connectivity index (χ0v) is 9.78. The van der Waals surface area contributed by atoms with Gasteiger partial charge in [0.25, 0.3) is 0 Å². The average molecular weight is 223 g/mol. The SMILES string of the molecule is COc1ccc(NC(=O)CC(C)(C)N)cn1. The van der Waals surface area contributed by atoms with Crippen molar-refractivity contribution in [2.45, 2.75) is 25.8 Å². The molecule has 0 radical (unpaired) electrons. The van der Waals surface area contributed by atoms with Crippen molar-refractivity contribution in [1.29, 1.82) is 0 Å². The summed E-state index contributed by atoms with van der Waals surface area (Å²) in [7, 11) is 1.54. The summed E-state index contributed by atoms with van der Waals surface area (Å²) in [4.78, 5) is 15.5. The molecule has 1 aromatic rings. The van der Waals surface area contributed by atoms with Crippen LogP contribution in [0.15, 0.2) is 18.3 Å². The third-order valence-corrected chi connectivity index (χ3v) is 1.85. The Kier molecular flexibility index (Phi) is 3.84. The largest absolute Gasteiger partial charge is 0.481 e. The summed E-state index contributed by atoms with van der Waals surface area (Å²) < 4.78 is 4.91. The molecule has 1 heterocycles. The first-order chi connectivity index (χ1) is 7.40. The Hall–Kier alpha value is -1.62. The number of rotatable bonds is 4. The maximum atomic E-state index is 11.5. The molecule has 5 heteroatoms. The van der Waals surface area contributed by atoms with Gasteiger partial charge in [-0.05, 0) is 19.9 Å². The van der Waals surface area contributed by atoms with Crippen LogP contribution >= 0.6 is 0 Å². The van der Waals surface area contributed by atoms with E-state index in [-0.39, 0.29) is 12.3 Å². The lowest BCUT2D eigenvalue weighted by atomic mass is 10.0. The molecule has 5 nitrogen and oxygen atoms in total. The predicted octanol–water partition coefficient (Wildman–Crippen LogP) is 1.16. The molecule has 88 valence electrons. The van der Waals surface area contributed by atoms with Gasteiger partial charge in [0, 0.05) is 18.0 Å². The second-order valence-electron chi connectivity index (χ2n) is 4.30. The van der Waals surface area contributed by atoms with Gasteiger partial charge in [-0.15, -0.1) is 0 Å². The Balaban J connectivity index is 2.56. The zero-order valence-electron chi connectivity index (χ0n) is 9.78. The summed E-state index contributed by atoms with van der Waals surface area (Å²) in [6.45, 7) is 3.61. The lowest BCUT2D eigenvalue weighted by molar-refractivity contribution is -0.117. The van der Waals surface area contributed by atoms with E-state index in [0.717, 1.165) is 0 Å². The molecule has 0 aliphatic rings. The normalized spacial score (nSPS) is 11.0. The molecule has 0 aromatic carbocycles. The fourth-order valence-electron chi connectivity index (χ4n) is 1.19. The van der Waals surface area contributed by atoms with Crippen LogP contribution in [0.3, 0.4) is 0 Å². The highest BCUT2D eigenvalue weighted by Gasteiger charge is 2.16. The van der Waals surface area contributed by atoms with Crippen LogP contribution in [0.25, 0.3) is 0 Å². The number of nitrogens with two attached hydrogens (primary N) is 1. The minimum atomic E-state index is -0.510. The van der Waals surface area contributed by atoms with Crippen LogP contribution in [-0.4, -0.2) is 23.5 Å². The summed E-state index contributed by atoms with van der Waals surface area (Å²) in [6, 6.07) is 3.41. The van der Waals surface area contributed by atoms with Crippen LogP contribution in [0.2, 0.25) is 0 Å². The second-order valence-corrected chi connectivity index (χ2v) is 4.30. The third-order valence-electron chi connectivity index (χ3n) is 1.85. The van der Waals surface area contributed by atoms with Crippen molar-refractivity contribution in [3.05, 3.63) is 18.3 Å². The van der Waals surface area contributed by atoms with Crippen LogP contribution < -0.4 is 15.8 Å². The number of nitrogens with zero attached hydrogens (tertiary/aromatic N) is 1. The van der Waals surface area contributed by atoms with Crippen molar-refractivity contribution in [2.75, 3.05) is 12.4 Å². The highest BCUT2D eigenvalue weighted by molar-refractivity contribution is 5.91. The van der Waals surface area contributed by atoms with E-state index in [9.17, 15) is 4.79 Å². The van der Waals surface area contributed by atoms with Crippen molar-refractivity contribution < 1.29 is 9.53 Å². The van der Waals surface area contributed by atoms with Crippen molar-refractivity contribution in [3.63, 3.8) is 0 Å². The van der Waals surface area contributed by atoms with Gasteiger partial charge in [0.15, 0.2) is 0 Å². The lowest BCUT2D eigenvalue weighted by Gasteiger charge is -2.17. The summed E-state index contributed by atoms with van der Waals surface area (Å²) in [5.41, 5.74) is 5.86. The maximum Gasteiger partial charge on any atom is 0.226 e. The number of hydrogen-bond acceptors (Lipinski definition) is 4. The minimum Gasteiger partial charge on any atom is -0.481 e. The van der Waals surface area contributed by atoms with E-state index in [1.807, 2.05) is 0 Å². The number of carbonyl (C=O) groups excluding carboxylic acids is 1. The Labute approximate surface area is 95.0 Å². The van der Waals surface area contributed by atoms with Gasteiger partial charge in [-0.3, -0.25) is 4.79 Å². The summed E-state index contributed by atoms with van der Waals surface area (Å²) in [6.07, 6.45) is 1.80. The molecule has 0 saturated carbocycles. The molecule has 0 spiro atoms.